The van der Waals surface area contributed by atoms with Crippen molar-refractivity contribution in [2.24, 2.45) is 5.92 Å². The van der Waals surface area contributed by atoms with Gasteiger partial charge in [0.25, 0.3) is 0 Å². The van der Waals surface area contributed by atoms with E-state index in [9.17, 15) is 4.79 Å². The molecule has 0 unspecified atom stereocenters. The molecule has 0 atom stereocenters. The van der Waals surface area contributed by atoms with Gasteiger partial charge in [0, 0.05) is 11.4 Å². The van der Waals surface area contributed by atoms with Crippen molar-refractivity contribution >= 4 is 21.9 Å². The number of hydrogen-bond acceptors (Lipinski definition) is 2. The van der Waals surface area contributed by atoms with Crippen LogP contribution < -0.4 is 0 Å². The number of carbonyl (C=O) groups is 1. The van der Waals surface area contributed by atoms with E-state index in [0.717, 1.165) is 0 Å². The lowest BCUT2D eigenvalue weighted by Gasteiger charge is -2.17. The highest BCUT2D eigenvalue weighted by Crippen LogP contribution is 2.24. The van der Waals surface area contributed by atoms with Gasteiger partial charge in [-0.15, -0.1) is 0 Å². The molecule has 0 heterocycles. The molecule has 0 bridgehead atoms. The number of halogens is 1. The third kappa shape index (κ3) is 4.80. The maximum atomic E-state index is 11.1. The highest BCUT2D eigenvalue weighted by atomic mass is 79.9. The summed E-state index contributed by atoms with van der Waals surface area (Å²) >= 11 is 3.20. The number of rotatable bonds is 4. The summed E-state index contributed by atoms with van der Waals surface area (Å²) < 4.78 is 4.91. The minimum absolute atomic E-state index is 0.213. The quantitative estimate of drug-likeness (QED) is 0.441. The zero-order valence-electron chi connectivity index (χ0n) is 8.38. The number of hydrogen-bond donors (Lipinski definition) is 0. The van der Waals surface area contributed by atoms with Crippen molar-refractivity contribution in [2.75, 3.05) is 11.9 Å². The molecule has 1 fully saturated rings. The summed E-state index contributed by atoms with van der Waals surface area (Å²) in [4.78, 5) is 11.1. The predicted octanol–water partition coefficient (Wildman–Crippen LogP) is 3.06. The van der Waals surface area contributed by atoms with Crippen LogP contribution in [0.4, 0.5) is 0 Å². The minimum atomic E-state index is -0.213. The molecular weight excluding hydrogens is 244 g/mol. The van der Waals surface area contributed by atoms with Gasteiger partial charge in [-0.3, -0.25) is 0 Å². The van der Waals surface area contributed by atoms with Crippen LogP contribution in [0.15, 0.2) is 12.2 Å². The van der Waals surface area contributed by atoms with Crippen molar-refractivity contribution in [1.29, 1.82) is 0 Å². The zero-order chi connectivity index (χ0) is 10.2. The van der Waals surface area contributed by atoms with Gasteiger partial charge in [-0.2, -0.15) is 0 Å². The van der Waals surface area contributed by atoms with Crippen molar-refractivity contribution in [3.63, 3.8) is 0 Å². The molecule has 1 rings (SSSR count). The van der Waals surface area contributed by atoms with Crippen LogP contribution >= 0.6 is 15.9 Å². The van der Waals surface area contributed by atoms with Crippen LogP contribution in [0.3, 0.4) is 0 Å². The zero-order valence-corrected chi connectivity index (χ0v) is 9.96. The minimum Gasteiger partial charge on any atom is -0.462 e. The Morgan fingerprint density at radius 1 is 1.36 bits per heavy atom. The Morgan fingerprint density at radius 2 is 2.07 bits per heavy atom. The van der Waals surface area contributed by atoms with Crippen LogP contribution in [0.2, 0.25) is 0 Å². The molecular formula is C11H17BrO2. The van der Waals surface area contributed by atoms with Crippen molar-refractivity contribution in [3.8, 4) is 0 Å². The second kappa shape index (κ2) is 7.04. The highest BCUT2D eigenvalue weighted by molar-refractivity contribution is 9.09. The normalized spacial score (nSPS) is 18.6. The van der Waals surface area contributed by atoms with Crippen LogP contribution in [0.5, 0.6) is 0 Å². The monoisotopic (exact) mass is 260 g/mol. The molecule has 0 aromatic heterocycles. The SMILES string of the molecule is O=C(/C=C/C1CCCCC1)OCCBr. The van der Waals surface area contributed by atoms with Crippen molar-refractivity contribution < 1.29 is 9.53 Å². The molecule has 0 amide bonds. The second-order valence-electron chi connectivity index (χ2n) is 3.61. The lowest BCUT2D eigenvalue weighted by Crippen LogP contribution is -2.06. The molecule has 0 spiro atoms. The van der Waals surface area contributed by atoms with E-state index in [0.29, 0.717) is 17.9 Å². The van der Waals surface area contributed by atoms with Crippen LogP contribution in [0.25, 0.3) is 0 Å². The van der Waals surface area contributed by atoms with Gasteiger partial charge in [-0.05, 0) is 18.8 Å². The summed E-state index contributed by atoms with van der Waals surface area (Å²) in [5, 5.41) is 0.704. The molecule has 0 N–H and O–H groups in total. The molecule has 3 heteroatoms. The number of allylic oxidation sites excluding steroid dienone is 1. The standard InChI is InChI=1S/C11H17BrO2/c12-8-9-14-11(13)7-6-10-4-2-1-3-5-10/h6-7,10H,1-5,8-9H2/b7-6+. The smallest absolute Gasteiger partial charge is 0.330 e. The van der Waals surface area contributed by atoms with E-state index >= 15 is 0 Å². The van der Waals surface area contributed by atoms with Gasteiger partial charge >= 0.3 is 5.97 Å². The molecule has 1 aliphatic carbocycles. The van der Waals surface area contributed by atoms with Crippen molar-refractivity contribution in [1.82, 2.24) is 0 Å². The summed E-state index contributed by atoms with van der Waals surface area (Å²) in [6.45, 7) is 0.452. The van der Waals surface area contributed by atoms with Gasteiger partial charge < -0.3 is 4.74 Å². The van der Waals surface area contributed by atoms with E-state index in [1.807, 2.05) is 6.08 Å². The Labute approximate surface area is 93.8 Å². The average Bonchev–Trinajstić information content (AvgIpc) is 2.25. The van der Waals surface area contributed by atoms with Crippen LogP contribution in [-0.4, -0.2) is 17.9 Å². The van der Waals surface area contributed by atoms with Crippen LogP contribution in [0.1, 0.15) is 32.1 Å². The van der Waals surface area contributed by atoms with Gasteiger partial charge in [0.05, 0.1) is 0 Å². The molecule has 80 valence electrons. The van der Waals surface area contributed by atoms with Gasteiger partial charge in [0.15, 0.2) is 0 Å². The third-order valence-corrected chi connectivity index (χ3v) is 2.80. The maximum absolute atomic E-state index is 11.1. The molecule has 0 aromatic carbocycles. The van der Waals surface area contributed by atoms with E-state index in [-0.39, 0.29) is 5.97 Å². The molecule has 1 saturated carbocycles. The van der Waals surface area contributed by atoms with Gasteiger partial charge in [0.1, 0.15) is 6.61 Å². The first-order valence-corrected chi connectivity index (χ1v) is 6.36. The van der Waals surface area contributed by atoms with Crippen LogP contribution in [0, 0.1) is 5.92 Å². The summed E-state index contributed by atoms with van der Waals surface area (Å²) in [6, 6.07) is 0. The maximum Gasteiger partial charge on any atom is 0.330 e. The fourth-order valence-electron chi connectivity index (χ4n) is 1.73. The number of ether oxygens (including phenoxy) is 1. The first-order valence-electron chi connectivity index (χ1n) is 5.24. The fourth-order valence-corrected chi connectivity index (χ4v) is 1.89. The number of carbonyl (C=O) groups excluding carboxylic acids is 1. The molecule has 0 aliphatic heterocycles. The van der Waals surface area contributed by atoms with Crippen LogP contribution in [-0.2, 0) is 9.53 Å². The largest absolute Gasteiger partial charge is 0.462 e. The molecule has 2 nitrogen and oxygen atoms in total. The topological polar surface area (TPSA) is 26.3 Å². The lowest BCUT2D eigenvalue weighted by molar-refractivity contribution is -0.137. The fraction of sp³-hybridized carbons (Fsp3) is 0.727. The van der Waals surface area contributed by atoms with Crippen molar-refractivity contribution in [3.05, 3.63) is 12.2 Å². The van der Waals surface area contributed by atoms with E-state index in [2.05, 4.69) is 15.9 Å². The Morgan fingerprint density at radius 3 is 2.71 bits per heavy atom. The Hall–Kier alpha value is -0.310. The summed E-state index contributed by atoms with van der Waals surface area (Å²) in [5.41, 5.74) is 0. The Kier molecular flexibility index (Phi) is 5.92. The number of alkyl halides is 1. The van der Waals surface area contributed by atoms with Gasteiger partial charge in [0.2, 0.25) is 0 Å². The van der Waals surface area contributed by atoms with E-state index < -0.39 is 0 Å². The third-order valence-electron chi connectivity index (χ3n) is 2.48. The van der Waals surface area contributed by atoms with Gasteiger partial charge in [-0.1, -0.05) is 41.3 Å². The van der Waals surface area contributed by atoms with E-state index in [1.165, 1.54) is 32.1 Å². The van der Waals surface area contributed by atoms with Gasteiger partial charge in [-0.25, -0.2) is 4.79 Å². The average molecular weight is 261 g/mol. The lowest BCUT2D eigenvalue weighted by atomic mass is 9.89. The molecule has 0 radical (unpaired) electrons. The Balaban J connectivity index is 2.20. The summed E-state index contributed by atoms with van der Waals surface area (Å²) in [6.07, 6.45) is 9.98. The molecule has 14 heavy (non-hydrogen) atoms. The number of esters is 1. The molecule has 0 saturated heterocycles. The first-order chi connectivity index (χ1) is 6.83. The summed E-state index contributed by atoms with van der Waals surface area (Å²) in [5.74, 6) is 0.385. The first kappa shape index (κ1) is 11.8. The highest BCUT2D eigenvalue weighted by Gasteiger charge is 2.10. The summed E-state index contributed by atoms with van der Waals surface area (Å²) in [7, 11) is 0. The van der Waals surface area contributed by atoms with Crippen molar-refractivity contribution in [2.45, 2.75) is 32.1 Å². The van der Waals surface area contributed by atoms with E-state index in [1.54, 1.807) is 6.08 Å². The Bertz CT molecular complexity index is 195. The molecule has 1 aliphatic rings. The molecule has 0 aromatic rings. The van der Waals surface area contributed by atoms with E-state index in [4.69, 9.17) is 4.74 Å². The predicted molar refractivity (Wildman–Crippen MR) is 60.5 cm³/mol. The second-order valence-corrected chi connectivity index (χ2v) is 4.41.